The van der Waals surface area contributed by atoms with Crippen LogP contribution in [0.5, 0.6) is 0 Å². The second-order valence-electron chi connectivity index (χ2n) is 3.64. The summed E-state index contributed by atoms with van der Waals surface area (Å²) >= 11 is 0. The van der Waals surface area contributed by atoms with Gasteiger partial charge in [-0.15, -0.1) is 0 Å². The van der Waals surface area contributed by atoms with Crippen molar-refractivity contribution in [1.82, 2.24) is 15.5 Å². The Balaban J connectivity index is 2.17. The van der Waals surface area contributed by atoms with E-state index in [9.17, 15) is 14.4 Å². The Morgan fingerprint density at radius 3 is 2.50 bits per heavy atom. The lowest BCUT2D eigenvalue weighted by Crippen LogP contribution is -2.54. The number of rotatable bonds is 4. The first kappa shape index (κ1) is 12.4. The van der Waals surface area contributed by atoms with E-state index in [1.54, 1.807) is 11.8 Å². The van der Waals surface area contributed by atoms with Crippen LogP contribution in [-0.2, 0) is 9.59 Å². The molecular formula is C9H15N3O4. The molecule has 0 spiro atoms. The number of carbonyl (C=O) groups excluding carboxylic acids is 2. The first-order chi connectivity index (χ1) is 7.52. The number of aliphatic carboxylic acids is 1. The van der Waals surface area contributed by atoms with Gasteiger partial charge in [-0.05, 0) is 6.92 Å². The van der Waals surface area contributed by atoms with Gasteiger partial charge in [-0.2, -0.15) is 0 Å². The van der Waals surface area contributed by atoms with Crippen molar-refractivity contribution in [2.45, 2.75) is 6.92 Å². The van der Waals surface area contributed by atoms with Crippen LogP contribution in [0.2, 0.25) is 0 Å². The molecule has 0 bridgehead atoms. The van der Waals surface area contributed by atoms with Crippen LogP contribution in [0.15, 0.2) is 0 Å². The van der Waals surface area contributed by atoms with Gasteiger partial charge < -0.3 is 10.4 Å². The van der Waals surface area contributed by atoms with E-state index in [1.807, 2.05) is 0 Å². The van der Waals surface area contributed by atoms with Crippen molar-refractivity contribution in [3.63, 3.8) is 0 Å². The molecule has 0 aromatic heterocycles. The Bertz CT molecular complexity index is 299. The summed E-state index contributed by atoms with van der Waals surface area (Å²) in [5.74, 6) is -1.66. The van der Waals surface area contributed by atoms with E-state index in [2.05, 4.69) is 10.6 Å². The minimum Gasteiger partial charge on any atom is -0.481 e. The van der Waals surface area contributed by atoms with Crippen molar-refractivity contribution in [1.29, 1.82) is 0 Å². The van der Waals surface area contributed by atoms with Gasteiger partial charge in [-0.3, -0.25) is 19.8 Å². The first-order valence-electron chi connectivity index (χ1n) is 5.05. The number of amides is 3. The summed E-state index contributed by atoms with van der Waals surface area (Å²) in [6.07, 6.45) is 0. The minimum absolute atomic E-state index is 0.0565. The largest absolute Gasteiger partial charge is 0.481 e. The Labute approximate surface area is 92.8 Å². The molecular weight excluding hydrogens is 214 g/mol. The van der Waals surface area contributed by atoms with Crippen molar-refractivity contribution in [2.24, 2.45) is 5.92 Å². The molecule has 1 aliphatic heterocycles. The van der Waals surface area contributed by atoms with E-state index >= 15 is 0 Å². The molecule has 0 aliphatic carbocycles. The van der Waals surface area contributed by atoms with E-state index < -0.39 is 23.8 Å². The lowest BCUT2D eigenvalue weighted by atomic mass is 10.0. The molecule has 3 amide bonds. The maximum Gasteiger partial charge on any atom is 0.321 e. The molecule has 0 atom stereocenters. The number of hydrogen-bond donors (Lipinski definition) is 3. The zero-order chi connectivity index (χ0) is 12.1. The highest BCUT2D eigenvalue weighted by Gasteiger charge is 2.33. The van der Waals surface area contributed by atoms with Crippen LogP contribution in [0.25, 0.3) is 0 Å². The molecule has 3 N–H and O–H groups in total. The average Bonchev–Trinajstić information content (AvgIpc) is 2.10. The molecule has 1 aliphatic rings. The highest BCUT2D eigenvalue weighted by atomic mass is 16.4. The third-order valence-corrected chi connectivity index (χ3v) is 2.26. The fourth-order valence-electron chi connectivity index (χ4n) is 1.43. The molecule has 16 heavy (non-hydrogen) atoms. The van der Waals surface area contributed by atoms with Crippen molar-refractivity contribution >= 4 is 17.9 Å². The van der Waals surface area contributed by atoms with Gasteiger partial charge in [-0.25, -0.2) is 4.79 Å². The molecule has 1 heterocycles. The summed E-state index contributed by atoms with van der Waals surface area (Å²) in [6.45, 7) is 2.97. The fourth-order valence-corrected chi connectivity index (χ4v) is 1.43. The van der Waals surface area contributed by atoms with Crippen molar-refractivity contribution in [2.75, 3.05) is 26.2 Å². The predicted octanol–water partition coefficient (Wildman–Crippen LogP) is -1.15. The maximum absolute atomic E-state index is 11.2. The topological polar surface area (TPSA) is 98.7 Å². The van der Waals surface area contributed by atoms with Gasteiger partial charge >= 0.3 is 12.0 Å². The number of nitrogens with one attached hydrogen (secondary N) is 2. The fraction of sp³-hybridized carbons (Fsp3) is 0.667. The van der Waals surface area contributed by atoms with Crippen LogP contribution in [0.4, 0.5) is 4.79 Å². The standard InChI is InChI=1S/C9H15N3O4/c1-2-10-9(16)11-7(13)5-12-3-6(4-12)8(14)15/h6H,2-5H2,1H3,(H,14,15)(H2,10,11,13,16). The van der Waals surface area contributed by atoms with E-state index in [0.29, 0.717) is 19.6 Å². The van der Waals surface area contributed by atoms with E-state index in [1.165, 1.54) is 0 Å². The molecule has 1 fully saturated rings. The SMILES string of the molecule is CCNC(=O)NC(=O)CN1CC(C(=O)O)C1. The molecule has 7 heteroatoms. The van der Waals surface area contributed by atoms with Gasteiger partial charge in [0.2, 0.25) is 5.91 Å². The van der Waals surface area contributed by atoms with Gasteiger partial charge in [0.25, 0.3) is 0 Å². The van der Waals surface area contributed by atoms with Crippen LogP contribution in [0.3, 0.4) is 0 Å². The van der Waals surface area contributed by atoms with Crippen molar-refractivity contribution < 1.29 is 19.5 Å². The van der Waals surface area contributed by atoms with Crippen LogP contribution in [-0.4, -0.2) is 54.1 Å². The summed E-state index contributed by atoms with van der Waals surface area (Å²) in [4.78, 5) is 34.4. The summed E-state index contributed by atoms with van der Waals surface area (Å²) in [7, 11) is 0. The van der Waals surface area contributed by atoms with Gasteiger partial charge in [0.05, 0.1) is 12.5 Å². The normalized spacial score (nSPS) is 16.3. The third kappa shape index (κ3) is 3.50. The number of hydrogen-bond acceptors (Lipinski definition) is 4. The Morgan fingerprint density at radius 1 is 1.38 bits per heavy atom. The summed E-state index contributed by atoms with van der Waals surface area (Å²) in [6, 6.07) is -0.525. The van der Waals surface area contributed by atoms with Gasteiger partial charge in [0.1, 0.15) is 0 Å². The highest BCUT2D eigenvalue weighted by molar-refractivity contribution is 5.95. The smallest absolute Gasteiger partial charge is 0.321 e. The summed E-state index contributed by atoms with van der Waals surface area (Å²) in [5.41, 5.74) is 0. The maximum atomic E-state index is 11.2. The number of nitrogens with zero attached hydrogens (tertiary/aromatic N) is 1. The molecule has 1 rings (SSSR count). The second-order valence-corrected chi connectivity index (χ2v) is 3.64. The van der Waals surface area contributed by atoms with Crippen LogP contribution in [0.1, 0.15) is 6.92 Å². The molecule has 0 aromatic rings. The minimum atomic E-state index is -0.847. The first-order valence-corrected chi connectivity index (χ1v) is 5.05. The van der Waals surface area contributed by atoms with Crippen LogP contribution < -0.4 is 10.6 Å². The Hall–Kier alpha value is -1.63. The zero-order valence-corrected chi connectivity index (χ0v) is 9.02. The molecule has 0 radical (unpaired) electrons. The average molecular weight is 229 g/mol. The second kappa shape index (κ2) is 5.45. The van der Waals surface area contributed by atoms with Crippen molar-refractivity contribution in [3.8, 4) is 0 Å². The number of carbonyl (C=O) groups is 3. The van der Waals surface area contributed by atoms with Crippen LogP contribution >= 0.6 is 0 Å². The molecule has 0 aromatic carbocycles. The molecule has 90 valence electrons. The molecule has 0 saturated carbocycles. The van der Waals surface area contributed by atoms with Gasteiger partial charge in [-0.1, -0.05) is 0 Å². The quantitative estimate of drug-likeness (QED) is 0.565. The highest BCUT2D eigenvalue weighted by Crippen LogP contribution is 2.14. The van der Waals surface area contributed by atoms with Gasteiger partial charge in [0, 0.05) is 19.6 Å². The number of carboxylic acid groups (broad SMARTS) is 1. The number of carboxylic acids is 1. The predicted molar refractivity (Wildman–Crippen MR) is 54.8 cm³/mol. The number of urea groups is 1. The summed E-state index contributed by atoms with van der Waals surface area (Å²) in [5, 5.41) is 13.2. The van der Waals surface area contributed by atoms with E-state index in [4.69, 9.17) is 5.11 Å². The molecule has 0 unspecified atom stereocenters. The zero-order valence-electron chi connectivity index (χ0n) is 9.02. The lowest BCUT2D eigenvalue weighted by Gasteiger charge is -2.35. The Kier molecular flexibility index (Phi) is 4.24. The van der Waals surface area contributed by atoms with Crippen LogP contribution in [0, 0.1) is 5.92 Å². The number of likely N-dealkylation sites (tertiary alicyclic amines) is 1. The number of imide groups is 1. The molecule has 7 nitrogen and oxygen atoms in total. The summed E-state index contributed by atoms with van der Waals surface area (Å²) < 4.78 is 0. The lowest BCUT2D eigenvalue weighted by molar-refractivity contribution is -0.148. The third-order valence-electron chi connectivity index (χ3n) is 2.26. The molecule has 1 saturated heterocycles. The van der Waals surface area contributed by atoms with Crippen molar-refractivity contribution in [3.05, 3.63) is 0 Å². The monoisotopic (exact) mass is 229 g/mol. The van der Waals surface area contributed by atoms with E-state index in [-0.39, 0.29) is 6.54 Å². The van der Waals surface area contributed by atoms with E-state index in [0.717, 1.165) is 0 Å². The van der Waals surface area contributed by atoms with Gasteiger partial charge in [0.15, 0.2) is 0 Å². The Morgan fingerprint density at radius 2 is 2.00 bits per heavy atom.